The highest BCUT2D eigenvalue weighted by molar-refractivity contribution is 9.10. The summed E-state index contributed by atoms with van der Waals surface area (Å²) in [6.45, 7) is 2.76. The van der Waals surface area contributed by atoms with E-state index in [4.69, 9.17) is 9.47 Å². The monoisotopic (exact) mass is 530 g/mol. The smallest absolute Gasteiger partial charge is 0.295 e. The number of hydrogen-bond acceptors (Lipinski definition) is 7. The number of hydrogen-bond donors (Lipinski definition) is 2. The number of aliphatic hydroxyl groups excluding tert-OH is 1. The van der Waals surface area contributed by atoms with E-state index in [0.29, 0.717) is 28.6 Å². The second-order valence-electron chi connectivity index (χ2n) is 8.80. The maximum absolute atomic E-state index is 13.2. The Morgan fingerprint density at radius 1 is 1.26 bits per heavy atom. The van der Waals surface area contributed by atoms with Crippen LogP contribution in [0.2, 0.25) is 0 Å². The van der Waals surface area contributed by atoms with Crippen LogP contribution >= 0.6 is 15.9 Å². The number of aromatic hydroxyl groups is 1. The Bertz CT molecular complexity index is 1190. The predicted octanol–water partition coefficient (Wildman–Crippen LogP) is 3.47. The standard InChI is InChI=1S/C25H27BrN2O6/c1-13-9-15-10-14(5-6-18(15)34-13)22(29)20-21(16-11-17(26)23(30)19(12-16)33-4)28(8-7-27(2)3)25(32)24(20)31/h5-6,10-13,21,29-30H,7-9H2,1-4H3/b22-20+/t13-,21-/m0/s1. The number of phenolic OH excluding ortho intramolecular Hbond substituents is 1. The Balaban J connectivity index is 1.87. The van der Waals surface area contributed by atoms with Crippen LogP contribution in [0.4, 0.5) is 0 Å². The molecule has 0 aliphatic carbocycles. The molecule has 8 nitrogen and oxygen atoms in total. The first-order chi connectivity index (χ1) is 16.1. The number of halogens is 1. The van der Waals surface area contributed by atoms with Gasteiger partial charge in [0.2, 0.25) is 0 Å². The Morgan fingerprint density at radius 3 is 2.68 bits per heavy atom. The SMILES string of the molecule is COc1cc([C@H]2/C(=C(\O)c3ccc4c(c3)C[C@H](C)O4)C(=O)C(=O)N2CCN(C)C)cc(Br)c1O. The molecule has 1 fully saturated rings. The van der Waals surface area contributed by atoms with Crippen LogP contribution in [0.1, 0.15) is 29.7 Å². The molecular formula is C25H27BrN2O6. The van der Waals surface area contributed by atoms with Crippen LogP contribution in [0, 0.1) is 0 Å². The molecular weight excluding hydrogens is 504 g/mol. The molecule has 2 N–H and O–H groups in total. The van der Waals surface area contributed by atoms with Crippen molar-refractivity contribution in [1.82, 2.24) is 9.80 Å². The molecule has 4 rings (SSSR count). The number of nitrogens with zero attached hydrogens (tertiary/aromatic N) is 2. The number of phenols is 1. The van der Waals surface area contributed by atoms with E-state index in [-0.39, 0.29) is 35.5 Å². The quantitative estimate of drug-likeness (QED) is 0.335. The molecule has 0 spiro atoms. The molecule has 2 aromatic carbocycles. The molecule has 0 unspecified atom stereocenters. The minimum atomic E-state index is -0.853. The number of ketones is 1. The normalized spacial score (nSPS) is 21.2. The van der Waals surface area contributed by atoms with Gasteiger partial charge in [0.1, 0.15) is 17.6 Å². The molecule has 2 aromatic rings. The number of Topliss-reactive ketones (excluding diaryl/α,β-unsaturated/α-hetero) is 1. The Labute approximate surface area is 206 Å². The number of amides is 1. The summed E-state index contributed by atoms with van der Waals surface area (Å²) in [7, 11) is 5.17. The van der Waals surface area contributed by atoms with Gasteiger partial charge >= 0.3 is 0 Å². The Morgan fingerprint density at radius 2 is 2.00 bits per heavy atom. The number of likely N-dealkylation sites (tertiary alicyclic amines) is 1. The molecule has 2 aliphatic rings. The van der Waals surface area contributed by atoms with Crippen molar-refractivity contribution in [2.45, 2.75) is 25.5 Å². The van der Waals surface area contributed by atoms with Gasteiger partial charge in [-0.25, -0.2) is 0 Å². The van der Waals surface area contributed by atoms with Crippen LogP contribution < -0.4 is 9.47 Å². The maximum atomic E-state index is 13.2. The number of rotatable bonds is 6. The molecule has 9 heteroatoms. The average Bonchev–Trinajstić information content (AvgIpc) is 3.29. The van der Waals surface area contributed by atoms with Crippen molar-refractivity contribution in [1.29, 1.82) is 0 Å². The van der Waals surface area contributed by atoms with Gasteiger partial charge in [0.25, 0.3) is 11.7 Å². The van der Waals surface area contributed by atoms with Gasteiger partial charge in [-0.15, -0.1) is 0 Å². The van der Waals surface area contributed by atoms with Crippen LogP contribution in [0.3, 0.4) is 0 Å². The second kappa shape index (κ2) is 9.31. The van der Waals surface area contributed by atoms with Gasteiger partial charge in [-0.2, -0.15) is 0 Å². The Kier molecular flexibility index (Phi) is 6.60. The summed E-state index contributed by atoms with van der Waals surface area (Å²) in [5, 5.41) is 21.6. The van der Waals surface area contributed by atoms with Crippen LogP contribution in [-0.4, -0.2) is 72.1 Å². The second-order valence-corrected chi connectivity index (χ2v) is 9.66. The minimum absolute atomic E-state index is 0.00434. The zero-order valence-corrected chi connectivity index (χ0v) is 21.0. The number of carbonyl (C=O) groups is 2. The van der Waals surface area contributed by atoms with Crippen LogP contribution in [0.5, 0.6) is 17.2 Å². The van der Waals surface area contributed by atoms with Crippen LogP contribution in [0.25, 0.3) is 5.76 Å². The van der Waals surface area contributed by atoms with Gasteiger partial charge in [0.15, 0.2) is 11.5 Å². The lowest BCUT2D eigenvalue weighted by Crippen LogP contribution is -2.35. The zero-order valence-electron chi connectivity index (χ0n) is 19.5. The lowest BCUT2D eigenvalue weighted by Gasteiger charge is -2.27. The molecule has 0 radical (unpaired) electrons. The third-order valence-electron chi connectivity index (χ3n) is 6.08. The van der Waals surface area contributed by atoms with Gasteiger partial charge in [-0.1, -0.05) is 0 Å². The average molecular weight is 531 g/mol. The molecule has 2 aliphatic heterocycles. The van der Waals surface area contributed by atoms with Crippen LogP contribution in [0.15, 0.2) is 40.4 Å². The summed E-state index contributed by atoms with van der Waals surface area (Å²) in [5.41, 5.74) is 1.90. The summed E-state index contributed by atoms with van der Waals surface area (Å²) in [6, 6.07) is 7.60. The van der Waals surface area contributed by atoms with Gasteiger partial charge in [-0.3, -0.25) is 9.59 Å². The van der Waals surface area contributed by atoms with Crippen molar-refractivity contribution < 1.29 is 29.3 Å². The van der Waals surface area contributed by atoms with E-state index < -0.39 is 17.7 Å². The molecule has 0 bridgehead atoms. The van der Waals surface area contributed by atoms with E-state index in [1.165, 1.54) is 12.0 Å². The molecule has 0 saturated carbocycles. The summed E-state index contributed by atoms with van der Waals surface area (Å²) in [4.78, 5) is 29.7. The van der Waals surface area contributed by atoms with Gasteiger partial charge < -0.3 is 29.5 Å². The predicted molar refractivity (Wildman–Crippen MR) is 130 cm³/mol. The van der Waals surface area contributed by atoms with Gasteiger partial charge in [0.05, 0.1) is 23.2 Å². The molecule has 0 aromatic heterocycles. The third kappa shape index (κ3) is 4.25. The van der Waals surface area contributed by atoms with E-state index in [2.05, 4.69) is 15.9 Å². The highest BCUT2D eigenvalue weighted by Crippen LogP contribution is 2.44. The number of methoxy groups -OCH3 is 1. The molecule has 2 atom stereocenters. The van der Waals surface area contributed by atoms with Crippen molar-refractivity contribution in [2.75, 3.05) is 34.3 Å². The topological polar surface area (TPSA) is 99.5 Å². The fourth-order valence-corrected chi connectivity index (χ4v) is 4.86. The Hall–Kier alpha value is -3.04. The molecule has 1 saturated heterocycles. The number of fused-ring (bicyclic) bond motifs is 1. The first-order valence-corrected chi connectivity index (χ1v) is 11.7. The van der Waals surface area contributed by atoms with Crippen molar-refractivity contribution in [3.05, 3.63) is 57.1 Å². The van der Waals surface area contributed by atoms with E-state index in [1.54, 1.807) is 30.3 Å². The number of ether oxygens (including phenoxy) is 2. The van der Waals surface area contributed by atoms with Crippen molar-refractivity contribution in [3.63, 3.8) is 0 Å². The highest BCUT2D eigenvalue weighted by Gasteiger charge is 2.46. The largest absolute Gasteiger partial charge is 0.507 e. The first-order valence-electron chi connectivity index (χ1n) is 10.9. The summed E-state index contributed by atoms with van der Waals surface area (Å²) >= 11 is 3.32. The lowest BCUT2D eigenvalue weighted by molar-refractivity contribution is -0.140. The van der Waals surface area contributed by atoms with Crippen molar-refractivity contribution in [2.24, 2.45) is 0 Å². The summed E-state index contributed by atoms with van der Waals surface area (Å²) in [5.74, 6) is -0.847. The van der Waals surface area contributed by atoms with Gasteiger partial charge in [0, 0.05) is 25.1 Å². The number of carbonyl (C=O) groups excluding carboxylic acids is 2. The first kappa shape index (κ1) is 24.1. The maximum Gasteiger partial charge on any atom is 0.295 e. The third-order valence-corrected chi connectivity index (χ3v) is 6.69. The van der Waals surface area contributed by atoms with E-state index in [9.17, 15) is 19.8 Å². The number of benzene rings is 2. The van der Waals surface area contributed by atoms with Crippen LogP contribution in [-0.2, 0) is 16.0 Å². The number of likely N-dealkylation sites (N-methyl/N-ethyl adjacent to an activating group) is 1. The summed E-state index contributed by atoms with van der Waals surface area (Å²) < 4.78 is 11.4. The lowest BCUT2D eigenvalue weighted by atomic mass is 9.94. The van der Waals surface area contributed by atoms with E-state index >= 15 is 0 Å². The molecule has 34 heavy (non-hydrogen) atoms. The fourth-order valence-electron chi connectivity index (χ4n) is 4.40. The molecule has 1 amide bonds. The van der Waals surface area contributed by atoms with Crippen molar-refractivity contribution in [3.8, 4) is 17.2 Å². The van der Waals surface area contributed by atoms with E-state index in [0.717, 1.165) is 11.3 Å². The number of aliphatic hydroxyl groups is 1. The molecule has 180 valence electrons. The van der Waals surface area contributed by atoms with Gasteiger partial charge in [-0.05, 0) is 78.4 Å². The zero-order chi connectivity index (χ0) is 24.7. The highest BCUT2D eigenvalue weighted by atomic mass is 79.9. The minimum Gasteiger partial charge on any atom is -0.507 e. The van der Waals surface area contributed by atoms with Crippen molar-refractivity contribution >= 4 is 33.4 Å². The summed E-state index contributed by atoms with van der Waals surface area (Å²) in [6.07, 6.45) is 0.727. The van der Waals surface area contributed by atoms with E-state index in [1.807, 2.05) is 25.9 Å². The molecule has 2 heterocycles. The fraction of sp³-hybridized carbons (Fsp3) is 0.360.